The molecule has 1 aliphatic rings. The summed E-state index contributed by atoms with van der Waals surface area (Å²) in [4.78, 5) is 16.4. The van der Waals surface area contributed by atoms with Gasteiger partial charge in [0, 0.05) is 12.6 Å². The number of amides is 1. The van der Waals surface area contributed by atoms with Crippen LogP contribution in [0.2, 0.25) is 0 Å². The maximum atomic E-state index is 11.5. The lowest BCUT2D eigenvalue weighted by molar-refractivity contribution is -0.124. The molecule has 0 aromatic carbocycles. The van der Waals surface area contributed by atoms with Gasteiger partial charge in [0.05, 0.1) is 5.54 Å². The molecule has 1 heterocycles. The fourth-order valence-corrected chi connectivity index (χ4v) is 3.05. The van der Waals surface area contributed by atoms with Gasteiger partial charge in [-0.1, -0.05) is 6.92 Å². The molecule has 0 radical (unpaired) electrons. The molecule has 3 N–H and O–H groups in total. The first-order valence-corrected chi connectivity index (χ1v) is 7.82. The van der Waals surface area contributed by atoms with Crippen LogP contribution in [-0.2, 0) is 4.79 Å². The zero-order valence-corrected chi connectivity index (χ0v) is 13.6. The molecule has 118 valence electrons. The number of carbonyl (C=O) groups is 1. The van der Waals surface area contributed by atoms with Crippen LogP contribution < -0.4 is 11.1 Å². The van der Waals surface area contributed by atoms with Gasteiger partial charge in [-0.25, -0.2) is 0 Å². The molecule has 0 saturated carbocycles. The zero-order valence-electron chi connectivity index (χ0n) is 13.6. The van der Waals surface area contributed by atoms with Gasteiger partial charge in [-0.15, -0.1) is 0 Å². The quantitative estimate of drug-likeness (QED) is 0.652. The van der Waals surface area contributed by atoms with Crippen LogP contribution in [0.15, 0.2) is 0 Å². The summed E-state index contributed by atoms with van der Waals surface area (Å²) in [5.74, 6) is -0.252. The summed E-state index contributed by atoms with van der Waals surface area (Å²) in [5.41, 5.74) is 4.93. The second-order valence-corrected chi connectivity index (χ2v) is 6.37. The summed E-state index contributed by atoms with van der Waals surface area (Å²) >= 11 is 0. The number of rotatable bonds is 9. The van der Waals surface area contributed by atoms with Crippen molar-refractivity contribution >= 4 is 5.91 Å². The molecule has 1 fully saturated rings. The molecule has 0 aromatic rings. The molecular weight excluding hydrogens is 252 g/mol. The molecule has 0 spiro atoms. The third-order valence-corrected chi connectivity index (χ3v) is 4.52. The van der Waals surface area contributed by atoms with Crippen LogP contribution >= 0.6 is 0 Å². The van der Waals surface area contributed by atoms with Gasteiger partial charge in [0.25, 0.3) is 0 Å². The van der Waals surface area contributed by atoms with E-state index >= 15 is 0 Å². The smallest absolute Gasteiger partial charge is 0.237 e. The van der Waals surface area contributed by atoms with Crippen molar-refractivity contribution < 1.29 is 4.79 Å². The number of hydrogen-bond acceptors (Lipinski definition) is 4. The minimum Gasteiger partial charge on any atom is -0.368 e. The van der Waals surface area contributed by atoms with Gasteiger partial charge in [0.2, 0.25) is 5.91 Å². The fourth-order valence-electron chi connectivity index (χ4n) is 3.05. The number of nitrogens with two attached hydrogens (primary N) is 1. The van der Waals surface area contributed by atoms with E-state index in [-0.39, 0.29) is 5.91 Å². The summed E-state index contributed by atoms with van der Waals surface area (Å²) in [6.45, 7) is 8.03. The van der Waals surface area contributed by atoms with Crippen LogP contribution in [0.1, 0.15) is 39.5 Å². The van der Waals surface area contributed by atoms with E-state index in [4.69, 9.17) is 5.73 Å². The van der Waals surface area contributed by atoms with Crippen LogP contribution in [0.5, 0.6) is 0 Å². The van der Waals surface area contributed by atoms with Crippen molar-refractivity contribution in [1.82, 2.24) is 15.1 Å². The number of hydrogen-bond donors (Lipinski definition) is 2. The Bertz CT molecular complexity index is 310. The minimum absolute atomic E-state index is 0.252. The van der Waals surface area contributed by atoms with Crippen molar-refractivity contribution in [1.29, 1.82) is 0 Å². The van der Waals surface area contributed by atoms with E-state index in [0.717, 1.165) is 32.5 Å². The van der Waals surface area contributed by atoms with Crippen LogP contribution in [0.25, 0.3) is 0 Å². The fraction of sp³-hybridized carbons (Fsp3) is 0.933. The van der Waals surface area contributed by atoms with E-state index in [1.807, 2.05) is 13.8 Å². The molecule has 1 rings (SSSR count). The molecule has 2 atom stereocenters. The second-order valence-electron chi connectivity index (χ2n) is 6.37. The number of primary amides is 1. The number of carbonyl (C=O) groups excluding carboxylic acids is 1. The predicted octanol–water partition coefficient (Wildman–Crippen LogP) is 0.646. The van der Waals surface area contributed by atoms with Crippen LogP contribution in [0.3, 0.4) is 0 Å². The van der Waals surface area contributed by atoms with Crippen molar-refractivity contribution in [3.8, 4) is 0 Å². The topological polar surface area (TPSA) is 61.6 Å². The molecule has 2 unspecified atom stereocenters. The van der Waals surface area contributed by atoms with Gasteiger partial charge in [0.15, 0.2) is 0 Å². The molecule has 20 heavy (non-hydrogen) atoms. The van der Waals surface area contributed by atoms with Crippen molar-refractivity contribution in [2.75, 3.05) is 40.3 Å². The van der Waals surface area contributed by atoms with Crippen molar-refractivity contribution in [3.63, 3.8) is 0 Å². The first kappa shape index (κ1) is 17.4. The highest BCUT2D eigenvalue weighted by atomic mass is 16.1. The molecule has 0 aromatic heterocycles. The molecule has 1 aliphatic heterocycles. The monoisotopic (exact) mass is 284 g/mol. The minimum atomic E-state index is -0.570. The normalized spacial score (nSPS) is 23.1. The summed E-state index contributed by atoms with van der Waals surface area (Å²) in [6, 6.07) is 0.691. The largest absolute Gasteiger partial charge is 0.368 e. The van der Waals surface area contributed by atoms with Crippen molar-refractivity contribution in [2.24, 2.45) is 5.73 Å². The maximum Gasteiger partial charge on any atom is 0.237 e. The molecule has 1 saturated heterocycles. The highest BCUT2D eigenvalue weighted by molar-refractivity contribution is 5.84. The summed E-state index contributed by atoms with van der Waals surface area (Å²) in [5, 5.41) is 3.21. The lowest BCUT2D eigenvalue weighted by Gasteiger charge is -2.29. The van der Waals surface area contributed by atoms with Gasteiger partial charge in [-0.05, 0) is 66.3 Å². The predicted molar refractivity (Wildman–Crippen MR) is 83.7 cm³/mol. The molecule has 0 aliphatic carbocycles. The second kappa shape index (κ2) is 7.96. The van der Waals surface area contributed by atoms with E-state index in [1.165, 1.54) is 19.4 Å². The average molecular weight is 284 g/mol. The summed E-state index contributed by atoms with van der Waals surface area (Å²) in [7, 11) is 4.38. The Balaban J connectivity index is 2.29. The number of likely N-dealkylation sites (N-methyl/N-ethyl adjacent to an activating group) is 3. The summed E-state index contributed by atoms with van der Waals surface area (Å²) in [6.07, 6.45) is 4.40. The zero-order chi connectivity index (χ0) is 15.2. The summed E-state index contributed by atoms with van der Waals surface area (Å²) < 4.78 is 0. The number of nitrogens with zero attached hydrogens (tertiary/aromatic N) is 2. The molecule has 5 nitrogen and oxygen atoms in total. The highest BCUT2D eigenvalue weighted by Gasteiger charge is 2.29. The Morgan fingerprint density at radius 2 is 2.25 bits per heavy atom. The molecule has 1 amide bonds. The third-order valence-electron chi connectivity index (χ3n) is 4.52. The molecule has 5 heteroatoms. The average Bonchev–Trinajstić information content (AvgIpc) is 2.75. The Morgan fingerprint density at radius 3 is 2.75 bits per heavy atom. The number of likely N-dealkylation sites (tertiary alicyclic amines) is 1. The SMILES string of the molecule is CCNC(C)(CCCN(C)CC1CCCN1C)C(N)=O. The Morgan fingerprint density at radius 1 is 1.55 bits per heavy atom. The highest BCUT2D eigenvalue weighted by Crippen LogP contribution is 2.16. The first-order chi connectivity index (χ1) is 9.39. The van der Waals surface area contributed by atoms with Gasteiger partial charge >= 0.3 is 0 Å². The van der Waals surface area contributed by atoms with Gasteiger partial charge in [0.1, 0.15) is 0 Å². The van der Waals surface area contributed by atoms with E-state index in [1.54, 1.807) is 0 Å². The Kier molecular flexibility index (Phi) is 6.92. The third kappa shape index (κ3) is 5.04. The number of nitrogens with one attached hydrogen (secondary N) is 1. The van der Waals surface area contributed by atoms with Crippen LogP contribution in [-0.4, -0.2) is 67.6 Å². The van der Waals surface area contributed by atoms with Crippen molar-refractivity contribution in [3.05, 3.63) is 0 Å². The Labute approximate surface area is 123 Å². The van der Waals surface area contributed by atoms with E-state index < -0.39 is 5.54 Å². The van der Waals surface area contributed by atoms with Crippen LogP contribution in [0, 0.1) is 0 Å². The molecule has 0 bridgehead atoms. The van der Waals surface area contributed by atoms with Gasteiger partial charge in [-0.2, -0.15) is 0 Å². The van der Waals surface area contributed by atoms with Gasteiger partial charge < -0.3 is 20.9 Å². The first-order valence-electron chi connectivity index (χ1n) is 7.82. The van der Waals surface area contributed by atoms with Crippen molar-refractivity contribution in [2.45, 2.75) is 51.1 Å². The van der Waals surface area contributed by atoms with E-state index in [9.17, 15) is 4.79 Å². The Hall–Kier alpha value is -0.650. The van der Waals surface area contributed by atoms with E-state index in [0.29, 0.717) is 6.04 Å². The maximum absolute atomic E-state index is 11.5. The lowest BCUT2D eigenvalue weighted by Crippen LogP contribution is -2.53. The van der Waals surface area contributed by atoms with Gasteiger partial charge in [-0.3, -0.25) is 4.79 Å². The van der Waals surface area contributed by atoms with Crippen LogP contribution in [0.4, 0.5) is 0 Å². The van der Waals surface area contributed by atoms with E-state index in [2.05, 4.69) is 29.2 Å². The standard InChI is InChI=1S/C15H32N4O/c1-5-17-15(2,14(16)20)9-7-10-18(3)12-13-8-6-11-19(13)4/h13,17H,5-12H2,1-4H3,(H2,16,20). The molecular formula is C15H32N4O. The lowest BCUT2D eigenvalue weighted by atomic mass is 9.94.